The quantitative estimate of drug-likeness (QED) is 0.683. The van der Waals surface area contributed by atoms with Crippen molar-refractivity contribution >= 4 is 5.91 Å². The van der Waals surface area contributed by atoms with Crippen LogP contribution in [0, 0.1) is 10.8 Å². The smallest absolute Gasteiger partial charge is 0.240 e. The first-order valence-corrected chi connectivity index (χ1v) is 5.34. The molecule has 80 valence electrons. The fourth-order valence-corrected chi connectivity index (χ4v) is 2.81. The summed E-state index contributed by atoms with van der Waals surface area (Å²) in [5, 5.41) is 3.19. The third-order valence-corrected chi connectivity index (χ3v) is 4.48. The van der Waals surface area contributed by atoms with Crippen molar-refractivity contribution in [2.24, 2.45) is 10.8 Å². The highest BCUT2D eigenvalue weighted by Gasteiger charge is 2.68. The number of nitrogens with one attached hydrogen (secondary N) is 1. The standard InChI is InChI=1S/C11H20N2O/c1-7-8(14)13(6-12-7)9-10(2,3)11(9,4)5/h7,9,12H,6H2,1-5H3. The SMILES string of the molecule is CC1NCN(C2C(C)(C)C2(C)C)C1=O. The van der Waals surface area contributed by atoms with Gasteiger partial charge in [-0.1, -0.05) is 27.7 Å². The Morgan fingerprint density at radius 1 is 1.29 bits per heavy atom. The molecule has 14 heavy (non-hydrogen) atoms. The maximum atomic E-state index is 11.8. The predicted molar refractivity (Wildman–Crippen MR) is 55.7 cm³/mol. The lowest BCUT2D eigenvalue weighted by atomic mass is 10.0. The molecule has 2 rings (SSSR count). The van der Waals surface area contributed by atoms with Gasteiger partial charge in [0.15, 0.2) is 0 Å². The van der Waals surface area contributed by atoms with Crippen LogP contribution in [0.25, 0.3) is 0 Å². The Balaban J connectivity index is 2.17. The second-order valence-corrected chi connectivity index (χ2v) is 5.74. The van der Waals surface area contributed by atoms with Gasteiger partial charge in [-0.15, -0.1) is 0 Å². The van der Waals surface area contributed by atoms with Crippen molar-refractivity contribution in [2.75, 3.05) is 6.67 Å². The molecule has 1 aliphatic heterocycles. The fraction of sp³-hybridized carbons (Fsp3) is 0.909. The summed E-state index contributed by atoms with van der Waals surface area (Å²) in [6, 6.07) is 0.405. The van der Waals surface area contributed by atoms with E-state index in [1.807, 2.05) is 11.8 Å². The molecule has 0 aromatic carbocycles. The summed E-state index contributed by atoms with van der Waals surface area (Å²) in [5.41, 5.74) is 0.517. The highest BCUT2D eigenvalue weighted by molar-refractivity contribution is 5.84. The van der Waals surface area contributed by atoms with Crippen LogP contribution in [0.2, 0.25) is 0 Å². The van der Waals surface area contributed by atoms with Crippen LogP contribution in [-0.4, -0.2) is 29.6 Å². The zero-order chi connectivity index (χ0) is 10.7. The number of hydrogen-bond donors (Lipinski definition) is 1. The third-order valence-electron chi connectivity index (χ3n) is 4.48. The van der Waals surface area contributed by atoms with Crippen LogP contribution in [0.3, 0.4) is 0 Å². The maximum absolute atomic E-state index is 11.8. The maximum Gasteiger partial charge on any atom is 0.240 e. The molecule has 1 N–H and O–H groups in total. The summed E-state index contributed by atoms with van der Waals surface area (Å²) >= 11 is 0. The van der Waals surface area contributed by atoms with Crippen molar-refractivity contribution in [2.45, 2.75) is 46.7 Å². The number of carbonyl (C=O) groups is 1. The van der Waals surface area contributed by atoms with Gasteiger partial charge in [0.25, 0.3) is 0 Å². The molecule has 0 aromatic heterocycles. The Kier molecular flexibility index (Phi) is 1.79. The number of carbonyl (C=O) groups excluding carboxylic acids is 1. The van der Waals surface area contributed by atoms with Crippen LogP contribution in [-0.2, 0) is 4.79 Å². The van der Waals surface area contributed by atoms with Crippen LogP contribution in [0.5, 0.6) is 0 Å². The molecular weight excluding hydrogens is 176 g/mol. The monoisotopic (exact) mass is 196 g/mol. The molecule has 1 amide bonds. The van der Waals surface area contributed by atoms with E-state index in [4.69, 9.17) is 0 Å². The van der Waals surface area contributed by atoms with Gasteiger partial charge in [0.2, 0.25) is 5.91 Å². The van der Waals surface area contributed by atoms with Crippen LogP contribution < -0.4 is 5.32 Å². The second-order valence-electron chi connectivity index (χ2n) is 5.74. The Labute approximate surface area is 85.8 Å². The van der Waals surface area contributed by atoms with E-state index >= 15 is 0 Å². The molecular formula is C11H20N2O. The number of hydrogen-bond acceptors (Lipinski definition) is 2. The summed E-state index contributed by atoms with van der Waals surface area (Å²) in [4.78, 5) is 13.8. The lowest BCUT2D eigenvalue weighted by Crippen LogP contribution is -2.33. The normalized spacial score (nSPS) is 35.1. The Bertz CT molecular complexity index is 269. The van der Waals surface area contributed by atoms with Gasteiger partial charge >= 0.3 is 0 Å². The number of amides is 1. The highest BCUT2D eigenvalue weighted by atomic mass is 16.2. The number of rotatable bonds is 1. The molecule has 3 heteroatoms. The van der Waals surface area contributed by atoms with Gasteiger partial charge in [0.1, 0.15) is 0 Å². The minimum Gasteiger partial charge on any atom is -0.324 e. The molecule has 2 aliphatic rings. The van der Waals surface area contributed by atoms with Crippen molar-refractivity contribution < 1.29 is 4.79 Å². The molecule has 1 aliphatic carbocycles. The molecule has 1 atom stereocenters. The molecule has 3 nitrogen and oxygen atoms in total. The van der Waals surface area contributed by atoms with E-state index in [0.717, 1.165) is 6.67 Å². The average Bonchev–Trinajstić information content (AvgIpc) is 2.36. The van der Waals surface area contributed by atoms with Gasteiger partial charge in [-0.05, 0) is 17.8 Å². The predicted octanol–water partition coefficient (Wildman–Crippen LogP) is 1.20. The Morgan fingerprint density at radius 3 is 2.07 bits per heavy atom. The van der Waals surface area contributed by atoms with Crippen molar-refractivity contribution in [3.8, 4) is 0 Å². The van der Waals surface area contributed by atoms with Gasteiger partial charge in [0, 0.05) is 6.04 Å². The molecule has 0 bridgehead atoms. The second kappa shape index (κ2) is 2.51. The summed E-state index contributed by atoms with van der Waals surface area (Å²) in [7, 11) is 0. The van der Waals surface area contributed by atoms with E-state index < -0.39 is 0 Å². The molecule has 1 saturated carbocycles. The van der Waals surface area contributed by atoms with E-state index in [9.17, 15) is 4.79 Å². The first-order valence-electron chi connectivity index (χ1n) is 5.34. The third kappa shape index (κ3) is 0.991. The van der Waals surface area contributed by atoms with E-state index in [2.05, 4.69) is 33.0 Å². The van der Waals surface area contributed by atoms with Gasteiger partial charge < -0.3 is 4.90 Å². The van der Waals surface area contributed by atoms with Crippen LogP contribution >= 0.6 is 0 Å². The van der Waals surface area contributed by atoms with Gasteiger partial charge in [-0.2, -0.15) is 0 Å². The zero-order valence-corrected chi connectivity index (χ0v) is 9.72. The van der Waals surface area contributed by atoms with Crippen LogP contribution in [0.1, 0.15) is 34.6 Å². The zero-order valence-electron chi connectivity index (χ0n) is 9.72. The molecule has 1 unspecified atom stereocenters. The molecule has 0 spiro atoms. The largest absolute Gasteiger partial charge is 0.324 e. The van der Waals surface area contributed by atoms with Crippen molar-refractivity contribution in [1.29, 1.82) is 0 Å². The lowest BCUT2D eigenvalue weighted by Gasteiger charge is -2.17. The van der Waals surface area contributed by atoms with E-state index in [0.29, 0.717) is 6.04 Å². The van der Waals surface area contributed by atoms with Crippen molar-refractivity contribution in [3.63, 3.8) is 0 Å². The van der Waals surface area contributed by atoms with E-state index in [-0.39, 0.29) is 22.8 Å². The summed E-state index contributed by atoms with van der Waals surface area (Å²) in [6.45, 7) is 11.6. The topological polar surface area (TPSA) is 32.3 Å². The van der Waals surface area contributed by atoms with Crippen molar-refractivity contribution in [1.82, 2.24) is 10.2 Å². The van der Waals surface area contributed by atoms with Crippen LogP contribution in [0.4, 0.5) is 0 Å². The van der Waals surface area contributed by atoms with Gasteiger partial charge in [-0.25, -0.2) is 0 Å². The Hall–Kier alpha value is -0.570. The molecule has 0 radical (unpaired) electrons. The van der Waals surface area contributed by atoms with Gasteiger partial charge in [-0.3, -0.25) is 10.1 Å². The van der Waals surface area contributed by atoms with Crippen molar-refractivity contribution in [3.05, 3.63) is 0 Å². The first kappa shape index (κ1) is 9.97. The fourth-order valence-electron chi connectivity index (χ4n) is 2.81. The average molecular weight is 196 g/mol. The first-order chi connectivity index (χ1) is 6.30. The molecule has 0 aromatic rings. The molecule has 1 heterocycles. The Morgan fingerprint density at radius 2 is 1.79 bits per heavy atom. The summed E-state index contributed by atoms with van der Waals surface area (Å²) in [5.74, 6) is 0.258. The number of nitrogens with zero attached hydrogens (tertiary/aromatic N) is 1. The minimum atomic E-state index is 0.00204. The summed E-state index contributed by atoms with van der Waals surface area (Å²) < 4.78 is 0. The molecule has 2 fully saturated rings. The van der Waals surface area contributed by atoms with E-state index in [1.165, 1.54) is 0 Å². The lowest BCUT2D eigenvalue weighted by molar-refractivity contribution is -0.129. The molecule has 1 saturated heterocycles. The highest BCUT2D eigenvalue weighted by Crippen LogP contribution is 2.65. The van der Waals surface area contributed by atoms with E-state index in [1.54, 1.807) is 0 Å². The minimum absolute atomic E-state index is 0.00204. The summed E-state index contributed by atoms with van der Waals surface area (Å²) in [6.07, 6.45) is 0. The van der Waals surface area contributed by atoms with Gasteiger partial charge in [0.05, 0.1) is 12.7 Å². The van der Waals surface area contributed by atoms with Crippen LogP contribution in [0.15, 0.2) is 0 Å².